The van der Waals surface area contributed by atoms with Gasteiger partial charge in [0.05, 0.1) is 17.4 Å². The highest BCUT2D eigenvalue weighted by atomic mass is 32.2. The fraction of sp³-hybridized carbons (Fsp3) is 0.500. The minimum absolute atomic E-state index is 0.0502. The normalized spacial score (nSPS) is 23.2. The molecule has 19 heavy (non-hydrogen) atoms. The first-order valence-electron chi connectivity index (χ1n) is 6.48. The Morgan fingerprint density at radius 2 is 2.11 bits per heavy atom. The average molecular weight is 278 g/mol. The first-order valence-corrected chi connectivity index (χ1v) is 8.13. The molecule has 4 nitrogen and oxygen atoms in total. The molecule has 0 spiro atoms. The summed E-state index contributed by atoms with van der Waals surface area (Å²) < 4.78 is 27.0. The van der Waals surface area contributed by atoms with Crippen molar-refractivity contribution in [2.75, 3.05) is 0 Å². The van der Waals surface area contributed by atoms with Crippen molar-refractivity contribution >= 4 is 10.0 Å². The molecule has 1 aliphatic carbocycles. The monoisotopic (exact) mass is 278 g/mol. The molecular formula is C14H18N2O2S. The van der Waals surface area contributed by atoms with E-state index in [1.165, 1.54) is 0 Å². The highest BCUT2D eigenvalue weighted by molar-refractivity contribution is 7.88. The molecule has 1 aromatic carbocycles. The van der Waals surface area contributed by atoms with E-state index in [1.54, 1.807) is 24.3 Å². The third-order valence-electron chi connectivity index (χ3n) is 3.52. The summed E-state index contributed by atoms with van der Waals surface area (Å²) in [4.78, 5) is 0. The number of rotatable bonds is 4. The van der Waals surface area contributed by atoms with Gasteiger partial charge in [-0.25, -0.2) is 13.1 Å². The Labute approximate surface area is 114 Å². The molecule has 0 saturated heterocycles. The second-order valence-corrected chi connectivity index (χ2v) is 7.01. The molecule has 1 N–H and O–H groups in total. The van der Waals surface area contributed by atoms with Gasteiger partial charge in [0.15, 0.2) is 0 Å². The lowest BCUT2D eigenvalue weighted by Crippen LogP contribution is -2.34. The first kappa shape index (κ1) is 14.0. The summed E-state index contributed by atoms with van der Waals surface area (Å²) in [5.41, 5.74) is 0.983. The van der Waals surface area contributed by atoms with Gasteiger partial charge in [-0.05, 0) is 36.8 Å². The quantitative estimate of drug-likeness (QED) is 0.917. The number of nitrogens with one attached hydrogen (secondary N) is 1. The number of benzene rings is 1. The maximum atomic E-state index is 12.1. The molecule has 1 aromatic rings. The van der Waals surface area contributed by atoms with Crippen LogP contribution in [0.1, 0.15) is 37.3 Å². The first-order chi connectivity index (χ1) is 9.00. The summed E-state index contributed by atoms with van der Waals surface area (Å²) >= 11 is 0. The van der Waals surface area contributed by atoms with E-state index in [-0.39, 0.29) is 11.8 Å². The predicted molar refractivity (Wildman–Crippen MR) is 73.7 cm³/mol. The molecule has 0 bridgehead atoms. The van der Waals surface area contributed by atoms with Crippen LogP contribution in [0.25, 0.3) is 0 Å². The Kier molecular flexibility index (Phi) is 4.23. The van der Waals surface area contributed by atoms with Gasteiger partial charge < -0.3 is 0 Å². The molecule has 0 aliphatic heterocycles. The second-order valence-electron chi connectivity index (χ2n) is 5.26. The van der Waals surface area contributed by atoms with Gasteiger partial charge in [0.25, 0.3) is 0 Å². The minimum Gasteiger partial charge on any atom is -0.212 e. The van der Waals surface area contributed by atoms with Gasteiger partial charge in [-0.1, -0.05) is 25.1 Å². The fourth-order valence-corrected chi connectivity index (χ4v) is 4.04. The van der Waals surface area contributed by atoms with E-state index in [0.717, 1.165) is 19.3 Å². The number of nitriles is 1. The van der Waals surface area contributed by atoms with Gasteiger partial charge in [-0.15, -0.1) is 0 Å². The summed E-state index contributed by atoms with van der Waals surface area (Å²) in [6.07, 6.45) is 2.88. The smallest absolute Gasteiger partial charge is 0.212 e. The molecule has 0 radical (unpaired) electrons. The molecular weight excluding hydrogens is 260 g/mol. The van der Waals surface area contributed by atoms with Gasteiger partial charge in [0.1, 0.15) is 0 Å². The van der Waals surface area contributed by atoms with Crippen LogP contribution in [0.3, 0.4) is 0 Å². The van der Waals surface area contributed by atoms with E-state index >= 15 is 0 Å². The van der Waals surface area contributed by atoms with Crippen molar-refractivity contribution in [2.45, 2.75) is 38.0 Å². The molecule has 0 amide bonds. The highest BCUT2D eigenvalue weighted by Crippen LogP contribution is 2.25. The van der Waals surface area contributed by atoms with Crippen LogP contribution in [0.15, 0.2) is 24.3 Å². The Hall–Kier alpha value is -1.38. The lowest BCUT2D eigenvalue weighted by molar-refractivity contribution is 0.538. The number of sulfonamides is 1. The van der Waals surface area contributed by atoms with Crippen LogP contribution in [0.4, 0.5) is 0 Å². The third-order valence-corrected chi connectivity index (χ3v) is 4.91. The van der Waals surface area contributed by atoms with Gasteiger partial charge in [0.2, 0.25) is 10.0 Å². The van der Waals surface area contributed by atoms with E-state index in [9.17, 15) is 8.42 Å². The Morgan fingerprint density at radius 3 is 2.74 bits per heavy atom. The molecule has 102 valence electrons. The molecule has 1 saturated carbocycles. The maximum Gasteiger partial charge on any atom is 0.216 e. The van der Waals surface area contributed by atoms with Crippen molar-refractivity contribution in [3.8, 4) is 6.07 Å². The Balaban J connectivity index is 2.07. The molecule has 1 fully saturated rings. The number of hydrogen-bond acceptors (Lipinski definition) is 3. The van der Waals surface area contributed by atoms with Gasteiger partial charge in [-0.2, -0.15) is 5.26 Å². The summed E-state index contributed by atoms with van der Waals surface area (Å²) in [7, 11) is -3.38. The average Bonchev–Trinajstić information content (AvgIpc) is 2.74. The topological polar surface area (TPSA) is 70.0 Å². The molecule has 2 atom stereocenters. The summed E-state index contributed by atoms with van der Waals surface area (Å²) in [5, 5.41) is 8.97. The van der Waals surface area contributed by atoms with Crippen molar-refractivity contribution in [3.63, 3.8) is 0 Å². The van der Waals surface area contributed by atoms with E-state index in [0.29, 0.717) is 17.0 Å². The van der Waals surface area contributed by atoms with Crippen LogP contribution in [0, 0.1) is 17.2 Å². The summed E-state index contributed by atoms with van der Waals surface area (Å²) in [5.74, 6) is 0.459. The molecule has 0 aromatic heterocycles. The molecule has 1 aliphatic rings. The fourth-order valence-electron chi connectivity index (χ4n) is 2.57. The molecule has 5 heteroatoms. The van der Waals surface area contributed by atoms with Crippen molar-refractivity contribution in [2.24, 2.45) is 5.92 Å². The van der Waals surface area contributed by atoms with Crippen LogP contribution >= 0.6 is 0 Å². The lowest BCUT2D eigenvalue weighted by atomic mass is 10.1. The van der Waals surface area contributed by atoms with Crippen LogP contribution in [-0.4, -0.2) is 14.5 Å². The van der Waals surface area contributed by atoms with Crippen LogP contribution < -0.4 is 4.72 Å². The molecule has 0 heterocycles. The van der Waals surface area contributed by atoms with Crippen LogP contribution in [0.2, 0.25) is 0 Å². The molecule has 2 unspecified atom stereocenters. The van der Waals surface area contributed by atoms with Gasteiger partial charge in [0, 0.05) is 6.04 Å². The van der Waals surface area contributed by atoms with Crippen molar-refractivity contribution in [1.29, 1.82) is 5.26 Å². The minimum atomic E-state index is -3.38. The van der Waals surface area contributed by atoms with E-state index < -0.39 is 10.0 Å². The van der Waals surface area contributed by atoms with Gasteiger partial charge in [-0.3, -0.25) is 0 Å². The highest BCUT2D eigenvalue weighted by Gasteiger charge is 2.25. The standard InChI is InChI=1S/C14H18N2O2S/c1-11-6-7-14(8-11)16-19(17,18)10-13-5-3-2-4-12(13)9-15/h2-5,11,14,16H,6-8,10H2,1H3. The maximum absolute atomic E-state index is 12.1. The van der Waals surface area contributed by atoms with Gasteiger partial charge >= 0.3 is 0 Å². The summed E-state index contributed by atoms with van der Waals surface area (Å²) in [6.45, 7) is 2.14. The molecule has 2 rings (SSSR count). The van der Waals surface area contributed by atoms with Crippen LogP contribution in [0.5, 0.6) is 0 Å². The van der Waals surface area contributed by atoms with Crippen molar-refractivity contribution < 1.29 is 8.42 Å². The Morgan fingerprint density at radius 1 is 1.37 bits per heavy atom. The van der Waals surface area contributed by atoms with E-state index in [1.807, 2.05) is 6.07 Å². The van der Waals surface area contributed by atoms with Crippen LogP contribution in [-0.2, 0) is 15.8 Å². The van der Waals surface area contributed by atoms with E-state index in [2.05, 4.69) is 11.6 Å². The number of hydrogen-bond donors (Lipinski definition) is 1. The zero-order chi connectivity index (χ0) is 13.9. The number of nitrogens with zero attached hydrogens (tertiary/aromatic N) is 1. The zero-order valence-corrected chi connectivity index (χ0v) is 11.8. The zero-order valence-electron chi connectivity index (χ0n) is 11.0. The second kappa shape index (κ2) is 5.72. The summed E-state index contributed by atoms with van der Waals surface area (Å²) in [6, 6.07) is 8.90. The van der Waals surface area contributed by atoms with Crippen molar-refractivity contribution in [1.82, 2.24) is 4.72 Å². The predicted octanol–water partition coefficient (Wildman–Crippen LogP) is 2.17. The van der Waals surface area contributed by atoms with E-state index in [4.69, 9.17) is 5.26 Å². The van der Waals surface area contributed by atoms with Crippen molar-refractivity contribution in [3.05, 3.63) is 35.4 Å². The Bertz CT molecular complexity index is 590. The third kappa shape index (κ3) is 3.79. The largest absolute Gasteiger partial charge is 0.216 e. The lowest BCUT2D eigenvalue weighted by Gasteiger charge is -2.13. The SMILES string of the molecule is CC1CCC(NS(=O)(=O)Cc2ccccc2C#N)C1.